The van der Waals surface area contributed by atoms with Gasteiger partial charge in [0.2, 0.25) is 0 Å². The van der Waals surface area contributed by atoms with Crippen molar-refractivity contribution in [3.05, 3.63) is 63.9 Å². The van der Waals surface area contributed by atoms with Crippen molar-refractivity contribution >= 4 is 17.4 Å². The van der Waals surface area contributed by atoms with Gasteiger partial charge in [0.25, 0.3) is 0 Å². The molecule has 21 heavy (non-hydrogen) atoms. The number of halogens is 2. The summed E-state index contributed by atoms with van der Waals surface area (Å²) in [6.07, 6.45) is 0.751. The van der Waals surface area contributed by atoms with E-state index in [1.165, 1.54) is 12.1 Å². The molecule has 0 atom stereocenters. The molecule has 0 bridgehead atoms. The molecule has 0 saturated heterocycles. The molecule has 0 aliphatic carbocycles. The van der Waals surface area contributed by atoms with E-state index >= 15 is 0 Å². The van der Waals surface area contributed by atoms with Crippen molar-refractivity contribution < 1.29 is 13.9 Å². The molecule has 2 aromatic carbocycles. The smallest absolute Gasteiger partial charge is 0.194 e. The Kier molecular flexibility index (Phi) is 3.25. The van der Waals surface area contributed by atoms with E-state index in [0.717, 1.165) is 23.8 Å². The highest BCUT2D eigenvalue weighted by atomic mass is 35.5. The maximum atomic E-state index is 13.1. The van der Waals surface area contributed by atoms with Crippen LogP contribution in [0, 0.1) is 5.82 Å². The van der Waals surface area contributed by atoms with Gasteiger partial charge in [-0.25, -0.2) is 4.39 Å². The first-order valence-electron chi connectivity index (χ1n) is 6.67. The summed E-state index contributed by atoms with van der Waals surface area (Å²) in [7, 11) is 0. The Morgan fingerprint density at radius 1 is 1.24 bits per heavy atom. The molecule has 0 saturated carbocycles. The summed E-state index contributed by atoms with van der Waals surface area (Å²) >= 11 is 5.95. The summed E-state index contributed by atoms with van der Waals surface area (Å²) in [6.45, 7) is 4.01. The first-order valence-corrected chi connectivity index (χ1v) is 7.05. The number of benzene rings is 2. The Labute approximate surface area is 127 Å². The Hall–Kier alpha value is -1.87. The number of ketones is 1. The molecule has 1 aliphatic rings. The van der Waals surface area contributed by atoms with Gasteiger partial charge in [-0.05, 0) is 55.8 Å². The van der Waals surface area contributed by atoms with Gasteiger partial charge in [-0.15, -0.1) is 0 Å². The zero-order valence-electron chi connectivity index (χ0n) is 11.7. The van der Waals surface area contributed by atoms with Crippen LogP contribution in [0.25, 0.3) is 0 Å². The highest BCUT2D eigenvalue weighted by Gasteiger charge is 2.30. The average Bonchev–Trinajstić information content (AvgIpc) is 2.70. The SMILES string of the molecule is CC1(C)Cc2cc(C(=O)c3ccc(F)cc3Cl)ccc2O1. The van der Waals surface area contributed by atoms with E-state index in [9.17, 15) is 9.18 Å². The van der Waals surface area contributed by atoms with Crippen LogP contribution < -0.4 is 4.74 Å². The summed E-state index contributed by atoms with van der Waals surface area (Å²) in [5, 5.41) is 0.122. The highest BCUT2D eigenvalue weighted by molar-refractivity contribution is 6.35. The summed E-state index contributed by atoms with van der Waals surface area (Å²) in [5.41, 5.74) is 1.58. The molecule has 4 heteroatoms. The molecule has 0 amide bonds. The molecule has 0 fully saturated rings. The van der Waals surface area contributed by atoms with Gasteiger partial charge in [-0.2, -0.15) is 0 Å². The van der Waals surface area contributed by atoms with Gasteiger partial charge < -0.3 is 4.74 Å². The minimum absolute atomic E-state index is 0.122. The molecule has 2 nitrogen and oxygen atoms in total. The highest BCUT2D eigenvalue weighted by Crippen LogP contribution is 2.35. The standard InChI is InChI=1S/C17H14ClFO2/c1-17(2)9-11-7-10(3-6-15(11)21-17)16(20)13-5-4-12(19)8-14(13)18/h3-8H,9H2,1-2H3. The summed E-state index contributed by atoms with van der Waals surface area (Å²) < 4.78 is 18.9. The van der Waals surface area contributed by atoms with Gasteiger partial charge in [-0.3, -0.25) is 4.79 Å². The van der Waals surface area contributed by atoms with Gasteiger partial charge in [0.1, 0.15) is 17.2 Å². The third-order valence-corrected chi connectivity index (χ3v) is 3.81. The molecule has 108 valence electrons. The van der Waals surface area contributed by atoms with Crippen LogP contribution in [0.15, 0.2) is 36.4 Å². The minimum Gasteiger partial charge on any atom is -0.487 e. The molecule has 0 aromatic heterocycles. The second kappa shape index (κ2) is 4.85. The van der Waals surface area contributed by atoms with Crippen LogP contribution in [-0.4, -0.2) is 11.4 Å². The van der Waals surface area contributed by atoms with Crippen molar-refractivity contribution in [1.82, 2.24) is 0 Å². The van der Waals surface area contributed by atoms with Crippen LogP contribution in [-0.2, 0) is 6.42 Å². The summed E-state index contributed by atoms with van der Waals surface area (Å²) in [5.74, 6) is 0.134. The Morgan fingerprint density at radius 3 is 2.71 bits per heavy atom. The normalized spacial score (nSPS) is 15.4. The average molecular weight is 305 g/mol. The second-order valence-electron chi connectivity index (χ2n) is 5.81. The molecule has 0 radical (unpaired) electrons. The van der Waals surface area contributed by atoms with Crippen molar-refractivity contribution in [3.8, 4) is 5.75 Å². The van der Waals surface area contributed by atoms with Crippen LogP contribution >= 0.6 is 11.6 Å². The molecule has 0 N–H and O–H groups in total. The first kappa shape index (κ1) is 14.1. The fraction of sp³-hybridized carbons (Fsp3) is 0.235. The lowest BCUT2D eigenvalue weighted by Crippen LogP contribution is -2.24. The fourth-order valence-corrected chi connectivity index (χ4v) is 2.83. The zero-order chi connectivity index (χ0) is 15.2. The van der Waals surface area contributed by atoms with Crippen molar-refractivity contribution in [3.63, 3.8) is 0 Å². The topological polar surface area (TPSA) is 26.3 Å². The van der Waals surface area contributed by atoms with Crippen molar-refractivity contribution in [1.29, 1.82) is 0 Å². The molecule has 3 rings (SSSR count). The lowest BCUT2D eigenvalue weighted by Gasteiger charge is -2.16. The largest absolute Gasteiger partial charge is 0.487 e. The predicted molar refractivity (Wildman–Crippen MR) is 79.7 cm³/mol. The number of carbonyl (C=O) groups excluding carboxylic acids is 1. The molecular formula is C17H14ClFO2. The second-order valence-corrected chi connectivity index (χ2v) is 6.22. The number of carbonyl (C=O) groups is 1. The maximum Gasteiger partial charge on any atom is 0.194 e. The number of fused-ring (bicyclic) bond motifs is 1. The Morgan fingerprint density at radius 2 is 2.00 bits per heavy atom. The van der Waals surface area contributed by atoms with Gasteiger partial charge in [0.15, 0.2) is 5.78 Å². The third-order valence-electron chi connectivity index (χ3n) is 3.50. The zero-order valence-corrected chi connectivity index (χ0v) is 12.5. The molecule has 1 heterocycles. The van der Waals surface area contributed by atoms with Gasteiger partial charge in [-0.1, -0.05) is 11.6 Å². The number of rotatable bonds is 2. The number of ether oxygens (including phenoxy) is 1. The molecule has 0 spiro atoms. The van der Waals surface area contributed by atoms with E-state index in [0.29, 0.717) is 11.1 Å². The van der Waals surface area contributed by atoms with E-state index in [-0.39, 0.29) is 16.4 Å². The van der Waals surface area contributed by atoms with Crippen molar-refractivity contribution in [2.24, 2.45) is 0 Å². The van der Waals surface area contributed by atoms with Crippen molar-refractivity contribution in [2.75, 3.05) is 0 Å². The van der Waals surface area contributed by atoms with E-state index < -0.39 is 5.82 Å². The van der Waals surface area contributed by atoms with Crippen LogP contribution in [0.5, 0.6) is 5.75 Å². The first-order chi connectivity index (χ1) is 9.85. The van der Waals surface area contributed by atoms with Crippen LogP contribution in [0.4, 0.5) is 4.39 Å². The van der Waals surface area contributed by atoms with Crippen LogP contribution in [0.3, 0.4) is 0 Å². The molecular weight excluding hydrogens is 291 g/mol. The van der Waals surface area contributed by atoms with Gasteiger partial charge >= 0.3 is 0 Å². The van der Waals surface area contributed by atoms with E-state index in [4.69, 9.17) is 16.3 Å². The number of hydrogen-bond acceptors (Lipinski definition) is 2. The Balaban J connectivity index is 1.97. The minimum atomic E-state index is -0.458. The van der Waals surface area contributed by atoms with E-state index in [1.807, 2.05) is 19.9 Å². The van der Waals surface area contributed by atoms with Crippen LogP contribution in [0.1, 0.15) is 35.3 Å². The lowest BCUT2D eigenvalue weighted by atomic mass is 9.97. The van der Waals surface area contributed by atoms with Crippen LogP contribution in [0.2, 0.25) is 5.02 Å². The molecule has 1 aliphatic heterocycles. The summed E-state index contributed by atoms with van der Waals surface area (Å²) in [6, 6.07) is 9.13. The fourth-order valence-electron chi connectivity index (χ4n) is 2.58. The molecule has 2 aromatic rings. The van der Waals surface area contributed by atoms with E-state index in [1.54, 1.807) is 12.1 Å². The predicted octanol–water partition coefficient (Wildman–Crippen LogP) is 4.42. The monoisotopic (exact) mass is 304 g/mol. The van der Waals surface area contributed by atoms with Gasteiger partial charge in [0, 0.05) is 17.5 Å². The van der Waals surface area contributed by atoms with Gasteiger partial charge in [0.05, 0.1) is 5.02 Å². The third kappa shape index (κ3) is 2.66. The lowest BCUT2D eigenvalue weighted by molar-refractivity contribution is 0.103. The summed E-state index contributed by atoms with van der Waals surface area (Å²) in [4.78, 5) is 12.5. The number of hydrogen-bond donors (Lipinski definition) is 0. The Bertz CT molecular complexity index is 738. The van der Waals surface area contributed by atoms with E-state index in [2.05, 4.69) is 0 Å². The quantitative estimate of drug-likeness (QED) is 0.768. The maximum absolute atomic E-state index is 13.1. The van der Waals surface area contributed by atoms with Crippen molar-refractivity contribution in [2.45, 2.75) is 25.9 Å². The molecule has 0 unspecified atom stereocenters.